The number of imidazole rings is 2. The predicted octanol–water partition coefficient (Wildman–Crippen LogP) is 4.52. The van der Waals surface area contributed by atoms with E-state index in [2.05, 4.69) is 15.0 Å². The first kappa shape index (κ1) is 15.1. The van der Waals surface area contributed by atoms with Crippen LogP contribution in [0.3, 0.4) is 0 Å². The summed E-state index contributed by atoms with van der Waals surface area (Å²) in [5, 5.41) is 0.579. The number of hydrogen-bond donors (Lipinski definition) is 1. The largest absolute Gasteiger partial charge is 0.416 e. The number of aromatic amines is 1. The van der Waals surface area contributed by atoms with Crippen LogP contribution in [-0.2, 0) is 11.9 Å². The van der Waals surface area contributed by atoms with Crippen molar-refractivity contribution in [3.8, 4) is 0 Å². The molecule has 3 aromatic heterocycles. The van der Waals surface area contributed by atoms with Gasteiger partial charge in [0.05, 0.1) is 28.5 Å². The zero-order chi connectivity index (χ0) is 16.7. The summed E-state index contributed by atoms with van der Waals surface area (Å²) in [6, 6.07) is 9.25. The van der Waals surface area contributed by atoms with Gasteiger partial charge in [0, 0.05) is 11.9 Å². The van der Waals surface area contributed by atoms with Crippen molar-refractivity contribution < 1.29 is 13.2 Å². The van der Waals surface area contributed by atoms with Crippen molar-refractivity contribution in [3.63, 3.8) is 0 Å². The number of thioether (sulfide) groups is 1. The molecular formula is C16H11F3N4S. The molecule has 0 amide bonds. The maximum Gasteiger partial charge on any atom is 0.416 e. The van der Waals surface area contributed by atoms with Crippen LogP contribution in [0.5, 0.6) is 0 Å². The molecule has 0 aliphatic carbocycles. The van der Waals surface area contributed by atoms with Crippen molar-refractivity contribution in [1.82, 2.24) is 19.4 Å². The van der Waals surface area contributed by atoms with E-state index in [9.17, 15) is 13.2 Å². The standard InChI is InChI=1S/C16H11F3N4S/c17-16(18,19)10-4-5-12-13(7-10)22-15(21-12)24-9-11-8-20-14-3-1-2-6-23(11)14/h1-8H,9H2,(H,21,22). The van der Waals surface area contributed by atoms with Crippen LogP contribution in [0.15, 0.2) is 53.9 Å². The minimum absolute atomic E-state index is 0.380. The number of nitrogens with zero attached hydrogens (tertiary/aromatic N) is 3. The van der Waals surface area contributed by atoms with Gasteiger partial charge in [-0.2, -0.15) is 13.2 Å². The number of nitrogens with one attached hydrogen (secondary N) is 1. The summed E-state index contributed by atoms with van der Waals surface area (Å²) in [5.74, 6) is 0.608. The smallest absolute Gasteiger partial charge is 0.333 e. The number of alkyl halides is 3. The van der Waals surface area contributed by atoms with Gasteiger partial charge in [-0.25, -0.2) is 9.97 Å². The van der Waals surface area contributed by atoms with Crippen molar-refractivity contribution in [3.05, 3.63) is 60.0 Å². The van der Waals surface area contributed by atoms with Gasteiger partial charge < -0.3 is 9.38 Å². The minimum Gasteiger partial charge on any atom is -0.333 e. The van der Waals surface area contributed by atoms with Gasteiger partial charge in [0.25, 0.3) is 0 Å². The van der Waals surface area contributed by atoms with E-state index in [0.717, 1.165) is 23.5 Å². The molecule has 1 N–H and O–H groups in total. The van der Waals surface area contributed by atoms with Gasteiger partial charge in [0.2, 0.25) is 0 Å². The number of benzene rings is 1. The first-order chi connectivity index (χ1) is 11.5. The average molecular weight is 348 g/mol. The van der Waals surface area contributed by atoms with Gasteiger partial charge in [0.15, 0.2) is 5.16 Å². The zero-order valence-corrected chi connectivity index (χ0v) is 13.0. The number of aromatic nitrogens is 4. The van der Waals surface area contributed by atoms with Crippen LogP contribution in [0.2, 0.25) is 0 Å². The third kappa shape index (κ3) is 2.73. The Morgan fingerprint density at radius 2 is 2.04 bits per heavy atom. The van der Waals surface area contributed by atoms with Crippen LogP contribution in [0.4, 0.5) is 13.2 Å². The molecule has 3 heterocycles. The summed E-state index contributed by atoms with van der Waals surface area (Å²) in [4.78, 5) is 11.6. The lowest BCUT2D eigenvalue weighted by molar-refractivity contribution is -0.137. The predicted molar refractivity (Wildman–Crippen MR) is 85.8 cm³/mol. The molecular weight excluding hydrogens is 337 g/mol. The molecule has 0 radical (unpaired) electrons. The fraction of sp³-hybridized carbons (Fsp3) is 0.125. The Hall–Kier alpha value is -2.48. The molecule has 0 saturated heterocycles. The molecule has 0 unspecified atom stereocenters. The van der Waals surface area contributed by atoms with Crippen molar-refractivity contribution in [1.29, 1.82) is 0 Å². The molecule has 24 heavy (non-hydrogen) atoms. The second kappa shape index (κ2) is 5.55. The van der Waals surface area contributed by atoms with E-state index in [0.29, 0.717) is 21.9 Å². The van der Waals surface area contributed by atoms with Crippen LogP contribution in [0.25, 0.3) is 16.7 Å². The van der Waals surface area contributed by atoms with E-state index in [1.54, 1.807) is 6.20 Å². The number of halogens is 3. The fourth-order valence-corrected chi connectivity index (χ4v) is 3.31. The second-order valence-electron chi connectivity index (χ2n) is 5.24. The molecule has 0 saturated carbocycles. The molecule has 0 aliphatic heterocycles. The minimum atomic E-state index is -4.36. The van der Waals surface area contributed by atoms with Gasteiger partial charge in [-0.05, 0) is 30.3 Å². The Morgan fingerprint density at radius 3 is 2.88 bits per heavy atom. The van der Waals surface area contributed by atoms with Gasteiger partial charge >= 0.3 is 6.18 Å². The quantitative estimate of drug-likeness (QED) is 0.554. The van der Waals surface area contributed by atoms with Crippen LogP contribution in [0, 0.1) is 0 Å². The number of pyridine rings is 1. The molecule has 122 valence electrons. The maximum absolute atomic E-state index is 12.8. The second-order valence-corrected chi connectivity index (χ2v) is 6.20. The van der Waals surface area contributed by atoms with Crippen molar-refractivity contribution in [2.45, 2.75) is 17.1 Å². The number of H-pyrrole nitrogens is 1. The van der Waals surface area contributed by atoms with E-state index in [1.807, 2.05) is 28.8 Å². The van der Waals surface area contributed by atoms with Crippen LogP contribution < -0.4 is 0 Å². The average Bonchev–Trinajstić information content (AvgIpc) is 3.15. The summed E-state index contributed by atoms with van der Waals surface area (Å²) < 4.78 is 40.2. The molecule has 0 fully saturated rings. The maximum atomic E-state index is 12.8. The number of rotatable bonds is 3. The molecule has 0 aliphatic rings. The number of hydrogen-bond acceptors (Lipinski definition) is 3. The SMILES string of the molecule is FC(F)(F)c1ccc2nc(SCc3cnc4ccccn34)[nH]c2c1. The summed E-state index contributed by atoms with van der Waals surface area (Å²) in [5.41, 5.74) is 2.06. The highest BCUT2D eigenvalue weighted by molar-refractivity contribution is 7.98. The highest BCUT2D eigenvalue weighted by atomic mass is 32.2. The highest BCUT2D eigenvalue weighted by Gasteiger charge is 2.30. The molecule has 1 aromatic carbocycles. The number of fused-ring (bicyclic) bond motifs is 2. The zero-order valence-electron chi connectivity index (χ0n) is 12.2. The van der Waals surface area contributed by atoms with Gasteiger partial charge in [-0.1, -0.05) is 17.8 Å². The molecule has 4 nitrogen and oxygen atoms in total. The monoisotopic (exact) mass is 348 g/mol. The Labute approximate surface area is 138 Å². The van der Waals surface area contributed by atoms with E-state index in [4.69, 9.17) is 0 Å². The third-order valence-corrected chi connectivity index (χ3v) is 4.54. The highest BCUT2D eigenvalue weighted by Crippen LogP contribution is 2.32. The Morgan fingerprint density at radius 1 is 1.17 bits per heavy atom. The molecule has 8 heteroatoms. The van der Waals surface area contributed by atoms with E-state index in [1.165, 1.54) is 17.8 Å². The van der Waals surface area contributed by atoms with Gasteiger partial charge in [0.1, 0.15) is 5.65 Å². The van der Waals surface area contributed by atoms with Gasteiger partial charge in [-0.15, -0.1) is 0 Å². The van der Waals surface area contributed by atoms with Crippen LogP contribution in [-0.4, -0.2) is 19.4 Å². The normalized spacial score (nSPS) is 12.3. The lowest BCUT2D eigenvalue weighted by Gasteiger charge is -2.05. The Kier molecular flexibility index (Phi) is 3.49. The summed E-state index contributed by atoms with van der Waals surface area (Å²) in [6.45, 7) is 0. The van der Waals surface area contributed by atoms with Crippen LogP contribution in [0.1, 0.15) is 11.3 Å². The topological polar surface area (TPSA) is 46.0 Å². The molecule has 4 aromatic rings. The van der Waals surface area contributed by atoms with E-state index in [-0.39, 0.29) is 0 Å². The van der Waals surface area contributed by atoms with E-state index < -0.39 is 11.7 Å². The lowest BCUT2D eigenvalue weighted by Crippen LogP contribution is -2.04. The first-order valence-corrected chi connectivity index (χ1v) is 8.10. The molecule has 0 spiro atoms. The summed E-state index contributed by atoms with van der Waals surface area (Å²) in [7, 11) is 0. The van der Waals surface area contributed by atoms with Crippen molar-refractivity contribution in [2.75, 3.05) is 0 Å². The first-order valence-electron chi connectivity index (χ1n) is 7.11. The fourth-order valence-electron chi connectivity index (χ4n) is 2.47. The summed E-state index contributed by atoms with van der Waals surface area (Å²) >= 11 is 1.42. The van der Waals surface area contributed by atoms with Crippen molar-refractivity contribution in [2.24, 2.45) is 0 Å². The molecule has 0 bridgehead atoms. The Bertz CT molecular complexity index is 1020. The van der Waals surface area contributed by atoms with Crippen LogP contribution >= 0.6 is 11.8 Å². The van der Waals surface area contributed by atoms with Crippen molar-refractivity contribution >= 4 is 28.4 Å². The summed E-state index contributed by atoms with van der Waals surface area (Å²) in [6.07, 6.45) is -0.650. The lowest BCUT2D eigenvalue weighted by atomic mass is 10.2. The Balaban J connectivity index is 1.58. The molecule has 4 rings (SSSR count). The molecule has 0 atom stereocenters. The third-order valence-electron chi connectivity index (χ3n) is 3.64. The van der Waals surface area contributed by atoms with E-state index >= 15 is 0 Å². The van der Waals surface area contributed by atoms with Gasteiger partial charge in [-0.3, -0.25) is 0 Å².